The van der Waals surface area contributed by atoms with Crippen LogP contribution in [0, 0.1) is 20.8 Å². The molecule has 2 aliphatic rings. The Kier molecular flexibility index (Phi) is 6.77. The summed E-state index contributed by atoms with van der Waals surface area (Å²) < 4.78 is 1.45. The second kappa shape index (κ2) is 9.80. The first-order valence-corrected chi connectivity index (χ1v) is 23.7. The van der Waals surface area contributed by atoms with Crippen molar-refractivity contribution < 1.29 is 17.9 Å². The number of allylic oxidation sites excluding steroid dienone is 1. The Labute approximate surface area is 235 Å². The topological polar surface area (TPSA) is 0 Å². The van der Waals surface area contributed by atoms with Gasteiger partial charge in [-0.1, -0.05) is 0 Å². The van der Waals surface area contributed by atoms with Gasteiger partial charge in [0.15, 0.2) is 0 Å². The molecular formula is C33H32Cl2SiZr. The Hall–Kier alpha value is -1.70. The molecule has 1 atom stereocenters. The number of hydrogen-bond donors (Lipinski definition) is 0. The van der Waals surface area contributed by atoms with Gasteiger partial charge in [-0.3, -0.25) is 0 Å². The molecule has 0 amide bonds. The molecule has 37 heavy (non-hydrogen) atoms. The zero-order valence-corrected chi connectivity index (χ0v) is 27.3. The fourth-order valence-electron chi connectivity index (χ4n) is 6.68. The van der Waals surface area contributed by atoms with Crippen molar-refractivity contribution in [3.05, 3.63) is 106 Å². The first kappa shape index (κ1) is 25.6. The summed E-state index contributed by atoms with van der Waals surface area (Å²) in [7, 11) is 15.0. The van der Waals surface area contributed by atoms with Crippen LogP contribution in [-0.4, -0.2) is 9.52 Å². The van der Waals surface area contributed by atoms with Gasteiger partial charge in [-0.15, -0.1) is 0 Å². The van der Waals surface area contributed by atoms with E-state index < -0.39 is 27.4 Å². The Morgan fingerprint density at radius 3 is 2.32 bits per heavy atom. The number of benzene rings is 4. The second-order valence-electron chi connectivity index (χ2n) is 10.8. The van der Waals surface area contributed by atoms with Gasteiger partial charge in [0.2, 0.25) is 0 Å². The SMILES string of the molecule is CCCC1=Cc2c(ccc(C)c2-c2cc(C)cc(C)c2)[CH]1[Zr]([Cl])([Cl])[c]1cccc2c1[SiH2]c1ccccc1-2. The van der Waals surface area contributed by atoms with Crippen LogP contribution in [0.5, 0.6) is 0 Å². The number of rotatable bonds is 5. The number of fused-ring (bicyclic) bond motifs is 4. The molecule has 4 heteroatoms. The van der Waals surface area contributed by atoms with E-state index in [-0.39, 0.29) is 3.63 Å². The molecule has 0 aromatic heterocycles. The van der Waals surface area contributed by atoms with Crippen molar-refractivity contribution in [2.75, 3.05) is 0 Å². The summed E-state index contributed by atoms with van der Waals surface area (Å²) in [4.78, 5) is 0. The summed E-state index contributed by atoms with van der Waals surface area (Å²) in [5, 5.41) is 3.01. The van der Waals surface area contributed by atoms with Gasteiger partial charge >= 0.3 is 237 Å². The van der Waals surface area contributed by atoms with Crippen LogP contribution in [0.1, 0.15) is 51.2 Å². The van der Waals surface area contributed by atoms with E-state index in [1.165, 1.54) is 69.3 Å². The zero-order chi connectivity index (χ0) is 25.9. The average Bonchev–Trinajstić information content (AvgIpc) is 3.42. The average molecular weight is 619 g/mol. The Morgan fingerprint density at radius 2 is 1.57 bits per heavy atom. The zero-order valence-electron chi connectivity index (χ0n) is 22.0. The Balaban J connectivity index is 1.53. The molecule has 0 saturated heterocycles. The number of halogens is 2. The van der Waals surface area contributed by atoms with E-state index in [2.05, 4.69) is 107 Å². The van der Waals surface area contributed by atoms with Crippen LogP contribution in [0.3, 0.4) is 0 Å². The molecule has 0 saturated carbocycles. The van der Waals surface area contributed by atoms with E-state index in [9.17, 15) is 0 Å². The van der Waals surface area contributed by atoms with E-state index in [0.29, 0.717) is 0 Å². The number of hydrogen-bond acceptors (Lipinski definition) is 0. The molecule has 6 rings (SSSR count). The van der Waals surface area contributed by atoms with Crippen LogP contribution in [0.2, 0.25) is 0 Å². The van der Waals surface area contributed by atoms with Crippen molar-refractivity contribution in [2.24, 2.45) is 0 Å². The third kappa shape index (κ3) is 4.29. The fraction of sp³-hybridized carbons (Fsp3) is 0.212. The minimum atomic E-state index is -3.92. The monoisotopic (exact) mass is 616 g/mol. The molecule has 0 nitrogen and oxygen atoms in total. The third-order valence-corrected chi connectivity index (χ3v) is 22.5. The summed E-state index contributed by atoms with van der Waals surface area (Å²) in [5.41, 5.74) is 13.4. The van der Waals surface area contributed by atoms with Crippen molar-refractivity contribution in [1.29, 1.82) is 0 Å². The molecule has 1 heterocycles. The summed E-state index contributed by atoms with van der Waals surface area (Å²) >= 11 is -3.92. The van der Waals surface area contributed by atoms with Gasteiger partial charge in [0.25, 0.3) is 0 Å². The van der Waals surface area contributed by atoms with Crippen molar-refractivity contribution in [3.8, 4) is 22.3 Å². The van der Waals surface area contributed by atoms with Crippen LogP contribution in [0.15, 0.2) is 78.4 Å². The summed E-state index contributed by atoms with van der Waals surface area (Å²) in [5.74, 6) is 0. The molecule has 1 unspecified atom stereocenters. The van der Waals surface area contributed by atoms with Crippen LogP contribution in [-0.2, 0) is 17.9 Å². The van der Waals surface area contributed by atoms with E-state index in [0.717, 1.165) is 12.8 Å². The predicted octanol–water partition coefficient (Wildman–Crippen LogP) is 7.40. The van der Waals surface area contributed by atoms with Crippen LogP contribution < -0.4 is 13.6 Å². The summed E-state index contributed by atoms with van der Waals surface area (Å²) in [6.07, 6.45) is 4.59. The second-order valence-corrected chi connectivity index (χ2v) is 26.7. The quantitative estimate of drug-likeness (QED) is 0.180. The standard InChI is InChI=1S/C21H23.C12H9Si.2ClH.Zr/c1-5-6-17-12-18-8-7-16(4)21(20(18)13-17)19-10-14(2)9-15(3)11-19;1-3-7-11-9(5-1)10-6-2-4-8-12(10)13-11;;;/h7-13H,5-6H2,1-4H3;1-7H,13H2;2*1H;/q;;;;+2/p-2. The van der Waals surface area contributed by atoms with E-state index >= 15 is 0 Å². The van der Waals surface area contributed by atoms with E-state index in [1.54, 1.807) is 0 Å². The molecule has 1 aliphatic heterocycles. The summed E-state index contributed by atoms with van der Waals surface area (Å²) in [6, 6.07) is 27.1. The fourth-order valence-corrected chi connectivity index (χ4v) is 23.5. The molecule has 0 fully saturated rings. The van der Waals surface area contributed by atoms with Crippen molar-refractivity contribution in [3.63, 3.8) is 0 Å². The van der Waals surface area contributed by atoms with Crippen LogP contribution in [0.25, 0.3) is 28.3 Å². The molecule has 0 spiro atoms. The van der Waals surface area contributed by atoms with Gasteiger partial charge in [0.05, 0.1) is 0 Å². The maximum atomic E-state index is 7.80. The van der Waals surface area contributed by atoms with Crippen molar-refractivity contribution in [2.45, 2.75) is 44.2 Å². The molecule has 0 N–H and O–H groups in total. The first-order valence-electron chi connectivity index (χ1n) is 13.3. The predicted molar refractivity (Wildman–Crippen MR) is 163 cm³/mol. The first-order chi connectivity index (χ1) is 17.8. The Morgan fingerprint density at radius 1 is 0.838 bits per heavy atom. The minimum absolute atomic E-state index is 0.141. The van der Waals surface area contributed by atoms with E-state index in [4.69, 9.17) is 17.0 Å². The van der Waals surface area contributed by atoms with Gasteiger partial charge < -0.3 is 0 Å². The van der Waals surface area contributed by atoms with Gasteiger partial charge in [0.1, 0.15) is 0 Å². The molecular weight excluding hydrogens is 587 g/mol. The van der Waals surface area contributed by atoms with E-state index in [1.807, 2.05) is 0 Å². The van der Waals surface area contributed by atoms with Gasteiger partial charge in [-0.25, -0.2) is 0 Å². The molecule has 0 radical (unpaired) electrons. The molecule has 186 valence electrons. The Bertz CT molecular complexity index is 1560. The van der Waals surface area contributed by atoms with Gasteiger partial charge in [-0.2, -0.15) is 0 Å². The molecule has 4 aromatic rings. The van der Waals surface area contributed by atoms with Gasteiger partial charge in [-0.05, 0) is 0 Å². The number of aryl methyl sites for hydroxylation is 3. The van der Waals surface area contributed by atoms with Crippen LogP contribution in [0.4, 0.5) is 0 Å². The summed E-state index contributed by atoms with van der Waals surface area (Å²) in [6.45, 7) is 8.87. The van der Waals surface area contributed by atoms with Crippen molar-refractivity contribution >= 4 is 46.3 Å². The third-order valence-electron chi connectivity index (χ3n) is 8.12. The van der Waals surface area contributed by atoms with Crippen molar-refractivity contribution in [1.82, 2.24) is 0 Å². The molecule has 4 aromatic carbocycles. The van der Waals surface area contributed by atoms with Gasteiger partial charge in [0, 0.05) is 0 Å². The molecule has 1 aliphatic carbocycles. The maximum absolute atomic E-state index is 7.80. The normalized spacial score (nSPS) is 16.5. The molecule has 0 bridgehead atoms. The van der Waals surface area contributed by atoms with Crippen LogP contribution >= 0.6 is 17.0 Å².